The molecule has 3 rings (SSSR count). The van der Waals surface area contributed by atoms with E-state index in [4.69, 9.17) is 10.5 Å². The fourth-order valence-corrected chi connectivity index (χ4v) is 2.26. The van der Waals surface area contributed by atoms with Crippen molar-refractivity contribution in [2.45, 2.75) is 6.42 Å². The zero-order chi connectivity index (χ0) is 15.5. The molecule has 1 aromatic heterocycles. The molecule has 0 spiro atoms. The van der Waals surface area contributed by atoms with Gasteiger partial charge in [-0.25, -0.2) is 9.36 Å². The molecule has 0 fully saturated rings. The molecule has 6 nitrogen and oxygen atoms in total. The molecule has 3 aromatic rings. The van der Waals surface area contributed by atoms with Crippen LogP contribution in [0.3, 0.4) is 0 Å². The molecule has 0 unspecified atom stereocenters. The maximum absolute atomic E-state index is 12.2. The van der Waals surface area contributed by atoms with Crippen molar-refractivity contribution in [2.75, 3.05) is 12.3 Å². The highest BCUT2D eigenvalue weighted by molar-refractivity contribution is 5.91. The Morgan fingerprint density at radius 2 is 1.95 bits per heavy atom. The first kappa shape index (κ1) is 13.9. The summed E-state index contributed by atoms with van der Waals surface area (Å²) >= 11 is 0. The van der Waals surface area contributed by atoms with E-state index in [-0.39, 0.29) is 18.9 Å². The minimum atomic E-state index is -0.467. The Labute approximate surface area is 126 Å². The van der Waals surface area contributed by atoms with Crippen LogP contribution < -0.4 is 16.2 Å². The first-order valence-corrected chi connectivity index (χ1v) is 6.86. The van der Waals surface area contributed by atoms with Crippen LogP contribution in [0, 0.1) is 0 Å². The summed E-state index contributed by atoms with van der Waals surface area (Å²) in [5.74, 6) is 0.367. The number of anilines is 1. The number of ether oxygens (including phenoxy) is 1. The summed E-state index contributed by atoms with van der Waals surface area (Å²) in [4.78, 5) is 26.8. The molecular weight excluding hydrogens is 282 g/mol. The lowest BCUT2D eigenvalue weighted by Gasteiger charge is -2.06. The van der Waals surface area contributed by atoms with Crippen molar-refractivity contribution in [3.05, 3.63) is 59.0 Å². The summed E-state index contributed by atoms with van der Waals surface area (Å²) in [6, 6.07) is 14.1. The summed E-state index contributed by atoms with van der Waals surface area (Å²) < 4.78 is 6.59. The van der Waals surface area contributed by atoms with Crippen molar-refractivity contribution in [1.29, 1.82) is 0 Å². The zero-order valence-electron chi connectivity index (χ0n) is 11.8. The van der Waals surface area contributed by atoms with Gasteiger partial charge in [-0.15, -0.1) is 0 Å². The van der Waals surface area contributed by atoms with Gasteiger partial charge in [-0.2, -0.15) is 0 Å². The molecule has 0 aliphatic rings. The third-order valence-electron chi connectivity index (χ3n) is 3.28. The van der Waals surface area contributed by atoms with Crippen molar-refractivity contribution < 1.29 is 9.53 Å². The van der Waals surface area contributed by atoms with Crippen molar-refractivity contribution in [1.82, 2.24) is 9.55 Å². The van der Waals surface area contributed by atoms with Crippen LogP contribution >= 0.6 is 0 Å². The van der Waals surface area contributed by atoms with E-state index in [0.29, 0.717) is 22.5 Å². The number of hydrogen-bond donors (Lipinski definition) is 2. The normalized spacial score (nSPS) is 10.7. The Morgan fingerprint density at radius 1 is 1.18 bits per heavy atom. The molecule has 6 heteroatoms. The van der Waals surface area contributed by atoms with Crippen LogP contribution in [-0.4, -0.2) is 22.1 Å². The van der Waals surface area contributed by atoms with Crippen LogP contribution in [-0.2, 0) is 0 Å². The Morgan fingerprint density at radius 3 is 2.73 bits per heavy atom. The highest BCUT2D eigenvalue weighted by atomic mass is 16.5. The average molecular weight is 297 g/mol. The molecular formula is C16H15N3O3. The quantitative estimate of drug-likeness (QED) is 0.721. The first-order valence-electron chi connectivity index (χ1n) is 6.86. The molecule has 3 N–H and O–H groups in total. The second kappa shape index (κ2) is 5.77. The van der Waals surface area contributed by atoms with Crippen molar-refractivity contribution in [3.63, 3.8) is 0 Å². The number of H-pyrrole nitrogens is 1. The number of fused-ring (bicyclic) bond motifs is 1. The summed E-state index contributed by atoms with van der Waals surface area (Å²) in [5, 5.41) is 0. The molecule has 0 amide bonds. The van der Waals surface area contributed by atoms with Crippen LogP contribution in [0.2, 0.25) is 0 Å². The van der Waals surface area contributed by atoms with Crippen molar-refractivity contribution in [2.24, 2.45) is 0 Å². The van der Waals surface area contributed by atoms with E-state index in [1.165, 1.54) is 0 Å². The lowest BCUT2D eigenvalue weighted by Crippen LogP contribution is -2.25. The Hall–Kier alpha value is -3.02. The zero-order valence-corrected chi connectivity index (χ0v) is 11.8. The Kier molecular flexibility index (Phi) is 3.65. The number of nitrogen functional groups attached to an aromatic ring is 1. The number of hydrogen-bond acceptors (Lipinski definition) is 4. The highest BCUT2D eigenvalue weighted by Gasteiger charge is 2.14. The summed E-state index contributed by atoms with van der Waals surface area (Å²) in [5.41, 5.74) is 6.79. The Bertz CT molecular complexity index is 865. The Balaban J connectivity index is 1.75. The second-order valence-electron chi connectivity index (χ2n) is 4.85. The smallest absolute Gasteiger partial charge is 0.333 e. The minimum Gasteiger partial charge on any atom is -0.493 e. The van der Waals surface area contributed by atoms with Gasteiger partial charge in [0.25, 0.3) is 0 Å². The summed E-state index contributed by atoms with van der Waals surface area (Å²) in [6.07, 6.45) is 0.103. The SMILES string of the molecule is Nc1ccc2c(c1)[nH]c(=O)n2C(=O)CCOc1ccccc1. The number of nitrogens with zero attached hydrogens (tertiary/aromatic N) is 1. The molecule has 2 aromatic carbocycles. The van der Waals surface area contributed by atoms with Gasteiger partial charge in [-0.05, 0) is 30.3 Å². The first-order chi connectivity index (χ1) is 10.6. The monoisotopic (exact) mass is 297 g/mol. The van der Waals surface area contributed by atoms with Gasteiger partial charge in [0.05, 0.1) is 24.1 Å². The van der Waals surface area contributed by atoms with Gasteiger partial charge >= 0.3 is 5.69 Å². The van der Waals surface area contributed by atoms with Gasteiger partial charge in [0.15, 0.2) is 0 Å². The standard InChI is InChI=1S/C16H15N3O3/c17-11-6-7-14-13(10-11)18-16(21)19(14)15(20)8-9-22-12-4-2-1-3-5-12/h1-7,10H,8-9,17H2,(H,18,21). The van der Waals surface area contributed by atoms with Crippen molar-refractivity contribution >= 4 is 22.6 Å². The molecule has 1 heterocycles. The lowest BCUT2D eigenvalue weighted by molar-refractivity contribution is 0.0882. The molecule has 0 saturated carbocycles. The number of para-hydroxylation sites is 1. The molecule has 112 valence electrons. The largest absolute Gasteiger partial charge is 0.493 e. The van der Waals surface area contributed by atoms with Crippen LogP contribution in [0.15, 0.2) is 53.3 Å². The molecule has 0 bridgehead atoms. The molecule has 0 saturated heterocycles. The van der Waals surface area contributed by atoms with Gasteiger partial charge in [-0.3, -0.25) is 4.79 Å². The van der Waals surface area contributed by atoms with E-state index in [1.807, 2.05) is 30.3 Å². The molecule has 0 aliphatic heterocycles. The second-order valence-corrected chi connectivity index (χ2v) is 4.85. The minimum absolute atomic E-state index is 0.103. The van der Waals surface area contributed by atoms with Crippen LogP contribution in [0.4, 0.5) is 5.69 Å². The molecule has 0 radical (unpaired) electrons. The fraction of sp³-hybridized carbons (Fsp3) is 0.125. The third-order valence-corrected chi connectivity index (χ3v) is 3.28. The maximum Gasteiger partial charge on any atom is 0.333 e. The van der Waals surface area contributed by atoms with Crippen LogP contribution in [0.1, 0.15) is 11.2 Å². The molecule has 0 aliphatic carbocycles. The predicted octanol–water partition coefficient (Wildman–Crippen LogP) is 2.02. The highest BCUT2D eigenvalue weighted by Crippen LogP contribution is 2.14. The molecule has 22 heavy (non-hydrogen) atoms. The number of imidazole rings is 1. The third kappa shape index (κ3) is 2.71. The number of aromatic nitrogens is 2. The predicted molar refractivity (Wildman–Crippen MR) is 84.2 cm³/mol. The van der Waals surface area contributed by atoms with Gasteiger partial charge < -0.3 is 15.5 Å². The van der Waals surface area contributed by atoms with Crippen LogP contribution in [0.25, 0.3) is 11.0 Å². The number of benzene rings is 2. The van der Waals surface area contributed by atoms with E-state index >= 15 is 0 Å². The van der Waals surface area contributed by atoms with E-state index in [1.54, 1.807) is 18.2 Å². The molecule has 0 atom stereocenters. The van der Waals surface area contributed by atoms with Gasteiger partial charge in [0.2, 0.25) is 5.91 Å². The number of nitrogens with one attached hydrogen (secondary N) is 1. The average Bonchev–Trinajstić information content (AvgIpc) is 2.83. The lowest BCUT2D eigenvalue weighted by atomic mass is 10.3. The van der Waals surface area contributed by atoms with Gasteiger partial charge in [0.1, 0.15) is 5.75 Å². The van der Waals surface area contributed by atoms with Gasteiger partial charge in [-0.1, -0.05) is 18.2 Å². The van der Waals surface area contributed by atoms with E-state index in [9.17, 15) is 9.59 Å². The van der Waals surface area contributed by atoms with E-state index in [0.717, 1.165) is 4.57 Å². The summed E-state index contributed by atoms with van der Waals surface area (Å²) in [7, 11) is 0. The number of nitrogens with two attached hydrogens (primary N) is 1. The van der Waals surface area contributed by atoms with Gasteiger partial charge in [0, 0.05) is 5.69 Å². The van der Waals surface area contributed by atoms with E-state index in [2.05, 4.69) is 4.98 Å². The topological polar surface area (TPSA) is 90.1 Å². The summed E-state index contributed by atoms with van der Waals surface area (Å²) in [6.45, 7) is 0.205. The number of rotatable bonds is 4. The number of carbonyl (C=O) groups is 1. The fourth-order valence-electron chi connectivity index (χ4n) is 2.26. The van der Waals surface area contributed by atoms with Crippen molar-refractivity contribution in [3.8, 4) is 5.75 Å². The number of aromatic amines is 1. The van der Waals surface area contributed by atoms with E-state index < -0.39 is 5.69 Å². The maximum atomic E-state index is 12.2. The number of carbonyl (C=O) groups excluding carboxylic acids is 1. The van der Waals surface area contributed by atoms with Crippen LogP contribution in [0.5, 0.6) is 5.75 Å².